The summed E-state index contributed by atoms with van der Waals surface area (Å²) in [6.45, 7) is 10.2. The fraction of sp³-hybridized carbons (Fsp3) is 0.512. The molecule has 0 spiro atoms. The van der Waals surface area contributed by atoms with E-state index in [1.165, 1.54) is 4.90 Å². The van der Waals surface area contributed by atoms with Crippen LogP contribution in [0.25, 0.3) is 0 Å². The van der Waals surface area contributed by atoms with E-state index >= 15 is 0 Å². The topological polar surface area (TPSA) is 97.9 Å². The Kier molecular flexibility index (Phi) is 12.5. The lowest BCUT2D eigenvalue weighted by molar-refractivity contribution is -0.130. The number of nitrogens with one attached hydrogen (secondary N) is 2. The average Bonchev–Trinajstić information content (AvgIpc) is 3.38. The smallest absolute Gasteiger partial charge is 0.261 e. The second-order valence-corrected chi connectivity index (χ2v) is 14.9. The molecule has 3 amide bonds. The third-order valence-corrected chi connectivity index (χ3v) is 10.8. The highest BCUT2D eigenvalue weighted by Crippen LogP contribution is 2.36. The Morgan fingerprint density at radius 2 is 1.69 bits per heavy atom. The number of hydrogen-bond donors (Lipinski definition) is 2. The van der Waals surface area contributed by atoms with E-state index in [9.17, 15) is 23.2 Å². The summed E-state index contributed by atoms with van der Waals surface area (Å²) in [4.78, 5) is 50.0. The number of carbonyl (C=O) groups excluding carboxylic acids is 3. The molecule has 3 aliphatic rings. The molecule has 1 saturated carbocycles. The van der Waals surface area contributed by atoms with E-state index in [1.807, 2.05) is 43.5 Å². The normalized spacial score (nSPS) is 19.9. The average molecular weight is 715 g/mol. The first-order valence-corrected chi connectivity index (χ1v) is 18.8. The number of pyridine rings is 1. The van der Waals surface area contributed by atoms with E-state index in [0.717, 1.165) is 74.5 Å². The Hall–Kier alpha value is -4.06. The number of fused-ring (bicyclic) bond motifs is 1. The molecule has 3 heterocycles. The first-order chi connectivity index (χ1) is 25.1. The second-order valence-electron chi connectivity index (χ2n) is 14.9. The number of aryl methyl sites for hydroxylation is 2. The summed E-state index contributed by atoms with van der Waals surface area (Å²) in [6.07, 6.45) is 4.15. The van der Waals surface area contributed by atoms with Crippen LogP contribution in [0.2, 0.25) is 0 Å². The molecule has 9 nitrogen and oxygen atoms in total. The van der Waals surface area contributed by atoms with Gasteiger partial charge in [0.05, 0.1) is 22.9 Å². The monoisotopic (exact) mass is 714 g/mol. The second kappa shape index (κ2) is 17.2. The van der Waals surface area contributed by atoms with Crippen LogP contribution in [0, 0.1) is 19.8 Å². The van der Waals surface area contributed by atoms with Gasteiger partial charge in [0.15, 0.2) is 0 Å². The van der Waals surface area contributed by atoms with E-state index in [-0.39, 0.29) is 61.4 Å². The molecule has 1 aromatic heterocycles. The number of imide groups is 1. The molecule has 278 valence electrons. The number of nitrogens with zero attached hydrogens (tertiary/aromatic N) is 4. The van der Waals surface area contributed by atoms with Crippen LogP contribution in [-0.2, 0) is 11.3 Å². The molecule has 2 fully saturated rings. The quantitative estimate of drug-likeness (QED) is 0.149. The molecule has 2 aromatic carbocycles. The summed E-state index contributed by atoms with van der Waals surface area (Å²) in [6, 6.07) is 19.1. The first-order valence-electron chi connectivity index (χ1n) is 18.8. The van der Waals surface area contributed by atoms with E-state index < -0.39 is 5.92 Å². The number of benzene rings is 2. The van der Waals surface area contributed by atoms with Gasteiger partial charge < -0.3 is 15.5 Å². The SMILES string of the molecule is Cc1cnc(CN(CCCCN2C(=O)c3ccccc3C2=O)CC2CN(CC[C@H](NC(=O)C3CCC(F)(F)CC3)c3ccccc3)CCN2)c(C)c1. The number of alkyl halides is 2. The van der Waals surface area contributed by atoms with Crippen LogP contribution in [0.1, 0.15) is 94.1 Å². The zero-order valence-corrected chi connectivity index (χ0v) is 30.5. The van der Waals surface area contributed by atoms with Crippen LogP contribution < -0.4 is 10.6 Å². The maximum absolute atomic E-state index is 13.8. The zero-order valence-electron chi connectivity index (χ0n) is 30.5. The minimum Gasteiger partial charge on any atom is -0.349 e. The molecule has 1 saturated heterocycles. The minimum absolute atomic E-state index is 0.124. The van der Waals surface area contributed by atoms with Gasteiger partial charge in [-0.1, -0.05) is 48.5 Å². The number of rotatable bonds is 15. The number of carbonyl (C=O) groups is 3. The van der Waals surface area contributed by atoms with Gasteiger partial charge in [0, 0.05) is 76.8 Å². The Labute approximate surface area is 306 Å². The molecule has 0 bridgehead atoms. The standard InChI is InChI=1S/C41H52F2N6O3/c1-29-24-30(2)37(45-25-29)28-48(20-8-9-21-49-39(51)34-12-6-7-13-35(34)40(49)52)27-33-26-47(23-19-44-33)22-16-36(31-10-4-3-5-11-31)46-38(50)32-14-17-41(42,43)18-15-32/h3-7,10-13,24-25,32-33,36,44H,8-9,14-23,26-28H2,1-2H3,(H,46,50)/t33?,36-/m0/s1. The largest absolute Gasteiger partial charge is 0.349 e. The molecule has 52 heavy (non-hydrogen) atoms. The highest BCUT2D eigenvalue weighted by molar-refractivity contribution is 6.21. The Balaban J connectivity index is 1.05. The van der Waals surface area contributed by atoms with Crippen LogP contribution in [0.5, 0.6) is 0 Å². The summed E-state index contributed by atoms with van der Waals surface area (Å²) < 4.78 is 27.6. The highest BCUT2D eigenvalue weighted by Gasteiger charge is 2.38. The van der Waals surface area contributed by atoms with Crippen molar-refractivity contribution in [2.24, 2.45) is 5.92 Å². The molecule has 0 radical (unpaired) electrons. The van der Waals surface area contributed by atoms with Crippen molar-refractivity contribution >= 4 is 17.7 Å². The number of hydrogen-bond acceptors (Lipinski definition) is 7. The van der Waals surface area contributed by atoms with Crippen molar-refractivity contribution in [1.82, 2.24) is 30.3 Å². The van der Waals surface area contributed by atoms with Crippen molar-refractivity contribution < 1.29 is 23.2 Å². The van der Waals surface area contributed by atoms with E-state index in [2.05, 4.69) is 33.4 Å². The van der Waals surface area contributed by atoms with Crippen LogP contribution in [0.15, 0.2) is 66.9 Å². The Bertz CT molecular complexity index is 1660. The molecule has 6 rings (SSSR count). The lowest BCUT2D eigenvalue weighted by atomic mass is 9.86. The lowest BCUT2D eigenvalue weighted by Crippen LogP contribution is -2.55. The predicted molar refractivity (Wildman–Crippen MR) is 197 cm³/mol. The molecule has 2 aliphatic heterocycles. The maximum Gasteiger partial charge on any atom is 0.261 e. The number of unbranched alkanes of at least 4 members (excludes halogenated alkanes) is 1. The van der Waals surface area contributed by atoms with E-state index in [0.29, 0.717) is 30.6 Å². The van der Waals surface area contributed by atoms with Crippen LogP contribution in [0.4, 0.5) is 8.78 Å². The summed E-state index contributed by atoms with van der Waals surface area (Å²) in [5.74, 6) is -3.59. The third kappa shape index (κ3) is 9.67. The Morgan fingerprint density at radius 3 is 2.38 bits per heavy atom. The van der Waals surface area contributed by atoms with Crippen molar-refractivity contribution in [2.75, 3.05) is 45.8 Å². The highest BCUT2D eigenvalue weighted by atomic mass is 19.3. The van der Waals surface area contributed by atoms with Gasteiger partial charge in [0.25, 0.3) is 11.8 Å². The summed E-state index contributed by atoms with van der Waals surface area (Å²) in [7, 11) is 0. The number of aromatic nitrogens is 1. The van der Waals surface area contributed by atoms with Gasteiger partial charge in [0.2, 0.25) is 11.8 Å². The van der Waals surface area contributed by atoms with Gasteiger partial charge in [-0.15, -0.1) is 0 Å². The molecular weight excluding hydrogens is 662 g/mol. The van der Waals surface area contributed by atoms with E-state index in [4.69, 9.17) is 4.98 Å². The summed E-state index contributed by atoms with van der Waals surface area (Å²) in [5, 5.41) is 6.94. The fourth-order valence-corrected chi connectivity index (χ4v) is 7.85. The van der Waals surface area contributed by atoms with Crippen LogP contribution in [-0.4, -0.2) is 95.2 Å². The number of amides is 3. The van der Waals surface area contributed by atoms with Crippen molar-refractivity contribution in [3.63, 3.8) is 0 Å². The molecule has 1 aliphatic carbocycles. The summed E-state index contributed by atoms with van der Waals surface area (Å²) in [5.41, 5.74) is 5.32. The lowest BCUT2D eigenvalue weighted by Gasteiger charge is -2.37. The van der Waals surface area contributed by atoms with Crippen LogP contribution >= 0.6 is 0 Å². The third-order valence-electron chi connectivity index (χ3n) is 10.8. The predicted octanol–water partition coefficient (Wildman–Crippen LogP) is 5.92. The van der Waals surface area contributed by atoms with Crippen molar-refractivity contribution in [2.45, 2.75) is 83.3 Å². The molecule has 11 heteroatoms. The molecule has 2 atom stereocenters. The van der Waals surface area contributed by atoms with Gasteiger partial charge >= 0.3 is 0 Å². The van der Waals surface area contributed by atoms with Gasteiger partial charge in [-0.3, -0.25) is 29.2 Å². The molecular formula is C41H52F2N6O3. The fourth-order valence-electron chi connectivity index (χ4n) is 7.85. The van der Waals surface area contributed by atoms with Crippen molar-refractivity contribution in [3.05, 3.63) is 100 Å². The van der Waals surface area contributed by atoms with Gasteiger partial charge in [0.1, 0.15) is 0 Å². The van der Waals surface area contributed by atoms with Gasteiger partial charge in [-0.05, 0) is 81.3 Å². The summed E-state index contributed by atoms with van der Waals surface area (Å²) >= 11 is 0. The molecule has 1 unspecified atom stereocenters. The number of piperazine rings is 1. The zero-order chi connectivity index (χ0) is 36.7. The van der Waals surface area contributed by atoms with Gasteiger partial charge in [-0.25, -0.2) is 8.78 Å². The van der Waals surface area contributed by atoms with Crippen LogP contribution in [0.3, 0.4) is 0 Å². The molecule has 2 N–H and O–H groups in total. The molecule has 3 aromatic rings. The van der Waals surface area contributed by atoms with Gasteiger partial charge in [-0.2, -0.15) is 0 Å². The maximum atomic E-state index is 13.8. The number of halogens is 2. The van der Waals surface area contributed by atoms with Crippen molar-refractivity contribution in [1.29, 1.82) is 0 Å². The van der Waals surface area contributed by atoms with E-state index in [1.54, 1.807) is 24.3 Å². The Morgan fingerprint density at radius 1 is 1.00 bits per heavy atom. The van der Waals surface area contributed by atoms with Crippen molar-refractivity contribution in [3.8, 4) is 0 Å². The first kappa shape index (κ1) is 37.7. The minimum atomic E-state index is -2.67.